The second-order valence-electron chi connectivity index (χ2n) is 6.97. The van der Waals surface area contributed by atoms with E-state index < -0.39 is 12.7 Å². The molecule has 4 rings (SSSR count). The van der Waals surface area contributed by atoms with Crippen molar-refractivity contribution in [3.63, 3.8) is 0 Å². The monoisotopic (exact) mass is 423 g/mol. The topological polar surface area (TPSA) is 40.9 Å². The summed E-state index contributed by atoms with van der Waals surface area (Å²) in [6.07, 6.45) is 0. The maximum Gasteiger partial charge on any atom is 0.204 e. The second-order valence-corrected chi connectivity index (χ2v) is 10.3. The van der Waals surface area contributed by atoms with Gasteiger partial charge < -0.3 is 0 Å². The van der Waals surface area contributed by atoms with E-state index >= 15 is 0 Å². The highest BCUT2D eigenvalue weighted by atomic mass is 31.2. The molecular formula is C27H19FNOP. The summed E-state index contributed by atoms with van der Waals surface area (Å²) in [6, 6.07) is 36.8. The Morgan fingerprint density at radius 2 is 1.03 bits per heavy atom. The molecule has 4 heteroatoms. The van der Waals surface area contributed by atoms with Gasteiger partial charge in [0.1, 0.15) is 17.2 Å². The fraction of sp³-hybridized carbons (Fsp3) is 0. The predicted molar refractivity (Wildman–Crippen MR) is 126 cm³/mol. The third-order valence-corrected chi connectivity index (χ3v) is 9.39. The average Bonchev–Trinajstić information content (AvgIpc) is 2.84. The van der Waals surface area contributed by atoms with E-state index in [0.29, 0.717) is 5.56 Å². The molecular weight excluding hydrogens is 404 g/mol. The number of nitriles is 1. The van der Waals surface area contributed by atoms with Crippen molar-refractivity contribution >= 4 is 33.9 Å². The summed E-state index contributed by atoms with van der Waals surface area (Å²) in [7, 11) is 0. The highest BCUT2D eigenvalue weighted by Crippen LogP contribution is 2.46. The zero-order valence-corrected chi connectivity index (χ0v) is 17.5. The van der Waals surface area contributed by atoms with Gasteiger partial charge in [0, 0.05) is 5.56 Å². The molecule has 0 spiro atoms. The standard InChI is InChI=1S/C27H19FNOP/c28-22-18-16-21(17-19-22)27(30)26(20-29)31(23-10-4-1-5-11-23,24-12-6-2-7-13-24)25-14-8-3-9-15-25/h1-19H. The average molecular weight is 423 g/mol. The van der Waals surface area contributed by atoms with E-state index in [1.165, 1.54) is 24.3 Å². The Labute approximate surface area is 181 Å². The van der Waals surface area contributed by atoms with Gasteiger partial charge in [0.25, 0.3) is 0 Å². The van der Waals surface area contributed by atoms with Crippen LogP contribution in [-0.4, -0.2) is 11.1 Å². The van der Waals surface area contributed by atoms with Crippen LogP contribution in [0.2, 0.25) is 0 Å². The van der Waals surface area contributed by atoms with Crippen molar-refractivity contribution in [2.24, 2.45) is 0 Å². The van der Waals surface area contributed by atoms with Crippen LogP contribution in [0.4, 0.5) is 4.39 Å². The van der Waals surface area contributed by atoms with Crippen molar-refractivity contribution in [2.75, 3.05) is 0 Å². The van der Waals surface area contributed by atoms with Crippen molar-refractivity contribution in [1.82, 2.24) is 0 Å². The molecule has 150 valence electrons. The SMILES string of the molecule is N#CC(C(=O)c1ccc(F)cc1)=P(c1ccccc1)(c1ccccc1)c1ccccc1. The number of rotatable bonds is 5. The lowest BCUT2D eigenvalue weighted by Gasteiger charge is -2.30. The van der Waals surface area contributed by atoms with Crippen LogP contribution < -0.4 is 15.9 Å². The third-order valence-electron chi connectivity index (χ3n) is 5.19. The first kappa shape index (κ1) is 20.5. The molecule has 0 unspecified atom stereocenters. The normalized spacial score (nSPS) is 10.8. The fourth-order valence-electron chi connectivity index (χ4n) is 3.81. The van der Waals surface area contributed by atoms with Crippen molar-refractivity contribution in [3.05, 3.63) is 127 Å². The predicted octanol–water partition coefficient (Wildman–Crippen LogP) is 4.70. The minimum Gasteiger partial charge on any atom is -0.288 e. The minimum absolute atomic E-state index is 0.169. The molecule has 0 fully saturated rings. The maximum absolute atomic E-state index is 13.7. The molecule has 0 heterocycles. The van der Waals surface area contributed by atoms with E-state index in [-0.39, 0.29) is 11.1 Å². The summed E-state index contributed by atoms with van der Waals surface area (Å²) in [5.41, 5.74) is 0.296. The number of hydrogen-bond donors (Lipinski definition) is 0. The molecule has 31 heavy (non-hydrogen) atoms. The molecule has 0 aromatic heterocycles. The molecule has 0 saturated heterocycles. The quantitative estimate of drug-likeness (QED) is 0.345. The molecule has 4 aromatic carbocycles. The first-order valence-corrected chi connectivity index (χ1v) is 11.6. The smallest absolute Gasteiger partial charge is 0.204 e. The Morgan fingerprint density at radius 1 is 0.645 bits per heavy atom. The molecule has 4 aromatic rings. The number of halogens is 1. The van der Waals surface area contributed by atoms with Crippen LogP contribution in [0.5, 0.6) is 0 Å². The van der Waals surface area contributed by atoms with Crippen molar-refractivity contribution in [3.8, 4) is 6.07 Å². The Morgan fingerprint density at radius 3 is 1.39 bits per heavy atom. The second kappa shape index (κ2) is 8.96. The van der Waals surface area contributed by atoms with E-state index in [4.69, 9.17) is 0 Å². The minimum atomic E-state index is -2.78. The molecule has 0 aliphatic heterocycles. The van der Waals surface area contributed by atoms with Gasteiger partial charge in [-0.3, -0.25) is 4.79 Å². The van der Waals surface area contributed by atoms with Gasteiger partial charge in [-0.15, -0.1) is 0 Å². The van der Waals surface area contributed by atoms with Crippen molar-refractivity contribution in [2.45, 2.75) is 0 Å². The van der Waals surface area contributed by atoms with Gasteiger partial charge in [-0.2, -0.15) is 5.26 Å². The summed E-state index contributed by atoms with van der Waals surface area (Å²) in [5.74, 6) is -0.808. The van der Waals surface area contributed by atoms with Crippen LogP contribution >= 0.6 is 6.89 Å². The number of nitrogens with zero attached hydrogens (tertiary/aromatic N) is 1. The lowest BCUT2D eigenvalue weighted by atomic mass is 10.1. The van der Waals surface area contributed by atoms with E-state index in [2.05, 4.69) is 6.07 Å². The molecule has 0 atom stereocenters. The molecule has 0 aliphatic carbocycles. The summed E-state index contributed by atoms with van der Waals surface area (Å²) in [4.78, 5) is 13.7. The van der Waals surface area contributed by atoms with Crippen LogP contribution in [0.1, 0.15) is 10.4 Å². The Kier molecular flexibility index (Phi) is 5.94. The Hall–Kier alpha value is -3.73. The first-order chi connectivity index (χ1) is 15.2. The van der Waals surface area contributed by atoms with Gasteiger partial charge in [0.05, 0.1) is 0 Å². The maximum atomic E-state index is 13.7. The van der Waals surface area contributed by atoms with Crippen LogP contribution in [0, 0.1) is 17.1 Å². The van der Waals surface area contributed by atoms with Gasteiger partial charge in [-0.1, -0.05) is 91.0 Å². The van der Waals surface area contributed by atoms with Crippen LogP contribution in [0.3, 0.4) is 0 Å². The highest BCUT2D eigenvalue weighted by molar-refractivity contribution is 7.97. The Bertz CT molecular complexity index is 1190. The number of carbonyl (C=O) groups excluding carboxylic acids is 1. The third kappa shape index (κ3) is 3.75. The number of carbonyl (C=O) groups is 1. The first-order valence-electron chi connectivity index (χ1n) is 9.81. The molecule has 0 radical (unpaired) electrons. The molecule has 0 aliphatic rings. The van der Waals surface area contributed by atoms with Gasteiger partial charge in [0.15, 0.2) is 0 Å². The largest absolute Gasteiger partial charge is 0.288 e. The van der Waals surface area contributed by atoms with E-state index in [1.807, 2.05) is 91.0 Å². The van der Waals surface area contributed by atoms with E-state index in [1.54, 1.807) is 0 Å². The molecule has 0 N–H and O–H groups in total. The lowest BCUT2D eigenvalue weighted by molar-refractivity contribution is 0.106. The number of benzene rings is 4. The Balaban J connectivity index is 2.19. The zero-order chi connectivity index (χ0) is 21.7. The number of Topliss-reactive ketones (excluding diaryl/α,β-unsaturated/α-hetero) is 1. The summed E-state index contributed by atoms with van der Waals surface area (Å²) in [5, 5.41) is 13.3. The summed E-state index contributed by atoms with van der Waals surface area (Å²) < 4.78 is 13.5. The molecule has 0 bridgehead atoms. The van der Waals surface area contributed by atoms with Crippen molar-refractivity contribution in [1.29, 1.82) is 5.26 Å². The summed E-state index contributed by atoms with van der Waals surface area (Å²) in [6.45, 7) is -2.78. The van der Waals surface area contributed by atoms with Crippen LogP contribution in [0.25, 0.3) is 0 Å². The lowest BCUT2D eigenvalue weighted by Crippen LogP contribution is -2.33. The van der Waals surface area contributed by atoms with E-state index in [0.717, 1.165) is 15.9 Å². The van der Waals surface area contributed by atoms with Gasteiger partial charge in [-0.25, -0.2) is 4.39 Å². The molecule has 0 amide bonds. The van der Waals surface area contributed by atoms with Crippen LogP contribution in [0.15, 0.2) is 115 Å². The number of hydrogen-bond acceptors (Lipinski definition) is 2. The fourth-order valence-corrected chi connectivity index (χ4v) is 7.92. The van der Waals surface area contributed by atoms with E-state index in [9.17, 15) is 14.4 Å². The number of ketones is 1. The van der Waals surface area contributed by atoms with Crippen LogP contribution in [-0.2, 0) is 0 Å². The van der Waals surface area contributed by atoms with Gasteiger partial charge >= 0.3 is 0 Å². The summed E-state index contributed by atoms with van der Waals surface area (Å²) >= 11 is 0. The highest BCUT2D eigenvalue weighted by Gasteiger charge is 2.33. The van der Waals surface area contributed by atoms with Gasteiger partial charge in [-0.05, 0) is 47.1 Å². The van der Waals surface area contributed by atoms with Crippen molar-refractivity contribution < 1.29 is 9.18 Å². The molecule has 0 saturated carbocycles. The molecule has 2 nitrogen and oxygen atoms in total. The van der Waals surface area contributed by atoms with Gasteiger partial charge in [0.2, 0.25) is 5.78 Å². The zero-order valence-electron chi connectivity index (χ0n) is 16.7.